The molecule has 0 unspecified atom stereocenters. The number of hydrogen-bond donors (Lipinski definition) is 0. The van der Waals surface area contributed by atoms with Crippen molar-refractivity contribution in [3.63, 3.8) is 0 Å². The SMILES string of the molecule is Cc1ccc(C(=O)[C@H](OC(=O)CCS(=O)(=O)c2ccc(C)cc2)c2ccccc2)cc1. The van der Waals surface area contributed by atoms with Crippen molar-refractivity contribution in [2.45, 2.75) is 31.3 Å². The van der Waals surface area contributed by atoms with Gasteiger partial charge in [0.15, 0.2) is 15.9 Å². The Morgan fingerprint density at radius 1 is 0.806 bits per heavy atom. The molecule has 31 heavy (non-hydrogen) atoms. The van der Waals surface area contributed by atoms with Crippen LogP contribution in [-0.4, -0.2) is 25.9 Å². The maximum absolute atomic E-state index is 13.1. The van der Waals surface area contributed by atoms with E-state index in [4.69, 9.17) is 4.74 Å². The van der Waals surface area contributed by atoms with Gasteiger partial charge in [-0.1, -0.05) is 77.9 Å². The molecule has 0 bridgehead atoms. The van der Waals surface area contributed by atoms with Crippen LogP contribution in [0.2, 0.25) is 0 Å². The molecule has 0 aliphatic rings. The van der Waals surface area contributed by atoms with Gasteiger partial charge in [-0.2, -0.15) is 0 Å². The van der Waals surface area contributed by atoms with Crippen LogP contribution in [0.1, 0.15) is 39.6 Å². The van der Waals surface area contributed by atoms with Gasteiger partial charge in [-0.05, 0) is 26.0 Å². The molecule has 0 spiro atoms. The van der Waals surface area contributed by atoms with E-state index in [9.17, 15) is 18.0 Å². The first-order chi connectivity index (χ1) is 14.8. The molecular formula is C25H24O5S. The molecule has 3 aromatic carbocycles. The van der Waals surface area contributed by atoms with Gasteiger partial charge in [-0.25, -0.2) is 8.42 Å². The molecule has 0 aliphatic carbocycles. The second kappa shape index (κ2) is 9.71. The third-order valence-electron chi connectivity index (χ3n) is 4.88. The van der Waals surface area contributed by atoms with Gasteiger partial charge in [0.25, 0.3) is 0 Å². The number of sulfone groups is 1. The highest BCUT2D eigenvalue weighted by Gasteiger charge is 2.27. The number of ether oxygens (including phenoxy) is 1. The second-order valence-corrected chi connectivity index (χ2v) is 9.50. The minimum atomic E-state index is -3.64. The van der Waals surface area contributed by atoms with Crippen molar-refractivity contribution >= 4 is 21.6 Å². The fraction of sp³-hybridized carbons (Fsp3) is 0.200. The Morgan fingerprint density at radius 3 is 1.94 bits per heavy atom. The van der Waals surface area contributed by atoms with Gasteiger partial charge >= 0.3 is 5.97 Å². The van der Waals surface area contributed by atoms with Crippen LogP contribution in [0.15, 0.2) is 83.8 Å². The van der Waals surface area contributed by atoms with Gasteiger partial charge in [0.1, 0.15) is 0 Å². The van der Waals surface area contributed by atoms with Crippen LogP contribution in [0.5, 0.6) is 0 Å². The van der Waals surface area contributed by atoms with Gasteiger partial charge in [0.05, 0.1) is 17.1 Å². The molecule has 0 N–H and O–H groups in total. The summed E-state index contributed by atoms with van der Waals surface area (Å²) in [4.78, 5) is 25.7. The Balaban J connectivity index is 1.75. The minimum absolute atomic E-state index is 0.154. The topological polar surface area (TPSA) is 77.5 Å². The zero-order chi connectivity index (χ0) is 22.4. The van der Waals surface area contributed by atoms with Crippen molar-refractivity contribution in [3.05, 3.63) is 101 Å². The first kappa shape index (κ1) is 22.4. The largest absolute Gasteiger partial charge is 0.449 e. The van der Waals surface area contributed by atoms with E-state index in [1.165, 1.54) is 12.1 Å². The molecule has 5 nitrogen and oxygen atoms in total. The summed E-state index contributed by atoms with van der Waals surface area (Å²) in [5, 5.41) is 0. The lowest BCUT2D eigenvalue weighted by Crippen LogP contribution is -2.22. The Labute approximate surface area is 182 Å². The van der Waals surface area contributed by atoms with E-state index < -0.39 is 27.7 Å². The molecule has 3 aromatic rings. The number of carbonyl (C=O) groups is 2. The summed E-state index contributed by atoms with van der Waals surface area (Å²) in [5.74, 6) is -1.50. The van der Waals surface area contributed by atoms with Gasteiger partial charge in [-0.3, -0.25) is 9.59 Å². The average molecular weight is 437 g/mol. The van der Waals surface area contributed by atoms with Crippen molar-refractivity contribution in [1.82, 2.24) is 0 Å². The van der Waals surface area contributed by atoms with Gasteiger partial charge in [0, 0.05) is 11.1 Å². The van der Waals surface area contributed by atoms with Crippen molar-refractivity contribution < 1.29 is 22.7 Å². The Hall–Kier alpha value is -3.25. The minimum Gasteiger partial charge on any atom is -0.449 e. The van der Waals surface area contributed by atoms with Crippen LogP contribution in [0.3, 0.4) is 0 Å². The smallest absolute Gasteiger partial charge is 0.307 e. The first-order valence-corrected chi connectivity index (χ1v) is 11.6. The first-order valence-electron chi connectivity index (χ1n) is 9.91. The molecule has 3 rings (SSSR count). The van der Waals surface area contributed by atoms with Gasteiger partial charge in [0.2, 0.25) is 5.78 Å². The van der Waals surface area contributed by atoms with E-state index in [1.54, 1.807) is 54.6 Å². The summed E-state index contributed by atoms with van der Waals surface area (Å²) in [6.07, 6.45) is -1.49. The van der Waals surface area contributed by atoms with Crippen LogP contribution in [-0.2, 0) is 19.4 Å². The van der Waals surface area contributed by atoms with Crippen LogP contribution in [0, 0.1) is 13.8 Å². The Kier molecular flexibility index (Phi) is 7.02. The summed E-state index contributed by atoms with van der Waals surface area (Å²) in [6, 6.07) is 22.1. The molecule has 160 valence electrons. The molecule has 0 saturated heterocycles. The van der Waals surface area contributed by atoms with Crippen LogP contribution in [0.25, 0.3) is 0 Å². The third kappa shape index (κ3) is 5.89. The zero-order valence-electron chi connectivity index (χ0n) is 17.4. The Morgan fingerprint density at radius 2 is 1.35 bits per heavy atom. The average Bonchev–Trinajstić information content (AvgIpc) is 2.77. The second-order valence-electron chi connectivity index (χ2n) is 7.39. The summed E-state index contributed by atoms with van der Waals surface area (Å²) < 4.78 is 30.5. The highest BCUT2D eigenvalue weighted by Crippen LogP contribution is 2.24. The highest BCUT2D eigenvalue weighted by molar-refractivity contribution is 7.91. The maximum Gasteiger partial charge on any atom is 0.307 e. The van der Waals surface area contributed by atoms with Crippen molar-refractivity contribution in [1.29, 1.82) is 0 Å². The van der Waals surface area contributed by atoms with Crippen molar-refractivity contribution in [2.24, 2.45) is 0 Å². The quantitative estimate of drug-likeness (QED) is 0.380. The molecule has 0 saturated carbocycles. The van der Waals surface area contributed by atoms with E-state index in [-0.39, 0.29) is 17.1 Å². The monoisotopic (exact) mass is 436 g/mol. The highest BCUT2D eigenvalue weighted by atomic mass is 32.2. The zero-order valence-corrected chi connectivity index (χ0v) is 18.3. The molecule has 6 heteroatoms. The third-order valence-corrected chi connectivity index (χ3v) is 6.61. The molecular weight excluding hydrogens is 412 g/mol. The van der Waals surface area contributed by atoms with Crippen LogP contribution >= 0.6 is 0 Å². The van der Waals surface area contributed by atoms with Crippen molar-refractivity contribution in [2.75, 3.05) is 5.75 Å². The van der Waals surface area contributed by atoms with E-state index in [1.807, 2.05) is 26.0 Å². The number of rotatable bonds is 8. The molecule has 0 heterocycles. The predicted octanol–water partition coefficient (Wildman–Crippen LogP) is 4.63. The van der Waals surface area contributed by atoms with Gasteiger partial charge in [-0.15, -0.1) is 0 Å². The molecule has 1 atom stereocenters. The molecule has 0 fully saturated rings. The molecule has 0 aliphatic heterocycles. The van der Waals surface area contributed by atoms with Crippen LogP contribution in [0.4, 0.5) is 0 Å². The lowest BCUT2D eigenvalue weighted by Gasteiger charge is -2.17. The van der Waals surface area contributed by atoms with Crippen LogP contribution < -0.4 is 0 Å². The van der Waals surface area contributed by atoms with E-state index in [0.29, 0.717) is 11.1 Å². The number of hydrogen-bond acceptors (Lipinski definition) is 5. The summed E-state index contributed by atoms with van der Waals surface area (Å²) in [6.45, 7) is 3.78. The lowest BCUT2D eigenvalue weighted by atomic mass is 9.99. The Bertz CT molecular complexity index is 1150. The normalized spacial score (nSPS) is 12.2. The maximum atomic E-state index is 13.1. The number of aryl methyl sites for hydroxylation is 2. The fourth-order valence-corrected chi connectivity index (χ4v) is 4.26. The van der Waals surface area contributed by atoms with E-state index in [2.05, 4.69) is 0 Å². The molecule has 0 amide bonds. The van der Waals surface area contributed by atoms with Crippen molar-refractivity contribution in [3.8, 4) is 0 Å². The number of Topliss-reactive ketones (excluding diaryl/α,β-unsaturated/α-hetero) is 1. The number of ketones is 1. The summed E-state index contributed by atoms with van der Waals surface area (Å²) >= 11 is 0. The fourth-order valence-electron chi connectivity index (χ4n) is 3.04. The lowest BCUT2D eigenvalue weighted by molar-refractivity contribution is -0.146. The predicted molar refractivity (Wildman–Crippen MR) is 119 cm³/mol. The standard InChI is InChI=1S/C25H24O5S/c1-18-8-12-20(13-9-18)24(27)25(21-6-4-3-5-7-21)30-23(26)16-17-31(28,29)22-14-10-19(2)11-15-22/h3-15,25H,16-17H2,1-2H3/t25-/m1/s1. The van der Waals surface area contributed by atoms with Gasteiger partial charge < -0.3 is 4.74 Å². The van der Waals surface area contributed by atoms with E-state index >= 15 is 0 Å². The number of benzene rings is 3. The molecule has 0 radical (unpaired) electrons. The van der Waals surface area contributed by atoms with E-state index in [0.717, 1.165) is 11.1 Å². The number of carbonyl (C=O) groups excluding carboxylic acids is 2. The molecule has 0 aromatic heterocycles. The summed E-state index contributed by atoms with van der Waals surface area (Å²) in [5.41, 5.74) is 2.90. The number of esters is 1. The summed E-state index contributed by atoms with van der Waals surface area (Å²) in [7, 11) is -3.64.